The number of rotatable bonds is 3. The van der Waals surface area contributed by atoms with E-state index in [4.69, 9.17) is 4.52 Å². The maximum atomic E-state index is 11.4. The molecule has 0 aliphatic heterocycles. The van der Waals surface area contributed by atoms with Crippen LogP contribution in [0.5, 0.6) is 0 Å². The summed E-state index contributed by atoms with van der Waals surface area (Å²) in [6, 6.07) is 0. The highest BCUT2D eigenvalue weighted by atomic mass is 16.5. The highest BCUT2D eigenvalue weighted by molar-refractivity contribution is 5.81. The molecular formula is C9H15N3O2. The molecule has 0 aliphatic rings. The van der Waals surface area contributed by atoms with E-state index >= 15 is 0 Å². The molecule has 0 aromatic carbocycles. The van der Waals surface area contributed by atoms with Crippen LogP contribution < -0.4 is 5.32 Å². The minimum Gasteiger partial charge on any atom is -0.355 e. The second-order valence-electron chi connectivity index (χ2n) is 4.09. The van der Waals surface area contributed by atoms with Crippen LogP contribution in [0.4, 0.5) is 0 Å². The zero-order valence-corrected chi connectivity index (χ0v) is 8.70. The smallest absolute Gasteiger partial charge is 0.228 e. The van der Waals surface area contributed by atoms with E-state index in [-0.39, 0.29) is 11.3 Å². The average molecular weight is 197 g/mol. The summed E-state index contributed by atoms with van der Waals surface area (Å²) < 4.78 is 4.79. The quantitative estimate of drug-likeness (QED) is 0.777. The van der Waals surface area contributed by atoms with Crippen LogP contribution in [0.2, 0.25) is 0 Å². The molecule has 0 aliphatic carbocycles. The van der Waals surface area contributed by atoms with Crippen molar-refractivity contribution in [2.45, 2.75) is 27.2 Å². The molecule has 0 saturated heterocycles. The van der Waals surface area contributed by atoms with Gasteiger partial charge in [0.2, 0.25) is 11.8 Å². The summed E-state index contributed by atoms with van der Waals surface area (Å²) in [6.45, 7) is 6.14. The number of carbonyl (C=O) groups is 1. The van der Waals surface area contributed by atoms with E-state index < -0.39 is 0 Å². The van der Waals surface area contributed by atoms with Crippen LogP contribution in [0.15, 0.2) is 10.9 Å². The van der Waals surface area contributed by atoms with Gasteiger partial charge >= 0.3 is 0 Å². The van der Waals surface area contributed by atoms with Gasteiger partial charge in [-0.1, -0.05) is 25.9 Å². The van der Waals surface area contributed by atoms with Crippen LogP contribution in [0.3, 0.4) is 0 Å². The van der Waals surface area contributed by atoms with Gasteiger partial charge in [-0.25, -0.2) is 0 Å². The Hall–Kier alpha value is -1.39. The molecule has 0 fully saturated rings. The average Bonchev–Trinajstić information content (AvgIpc) is 2.55. The van der Waals surface area contributed by atoms with Crippen LogP contribution in [0.1, 0.15) is 26.7 Å². The van der Waals surface area contributed by atoms with Crippen LogP contribution in [-0.2, 0) is 11.2 Å². The van der Waals surface area contributed by atoms with Crippen molar-refractivity contribution >= 4 is 5.91 Å². The van der Waals surface area contributed by atoms with Crippen LogP contribution >= 0.6 is 0 Å². The summed E-state index contributed by atoms with van der Waals surface area (Å²) in [6.07, 6.45) is 1.92. The normalized spacial score (nSPS) is 11.4. The Bertz CT molecular complexity index is 288. The van der Waals surface area contributed by atoms with E-state index in [1.165, 1.54) is 6.33 Å². The van der Waals surface area contributed by atoms with E-state index in [1.54, 1.807) is 0 Å². The standard InChI is InChI=1S/C9H15N3O2/c1-9(2,3)8(13)10-5-4-7-11-6-12-14-7/h6H,4-5H2,1-3H3,(H,10,13). The monoisotopic (exact) mass is 197 g/mol. The van der Waals surface area contributed by atoms with Gasteiger partial charge in [-0.15, -0.1) is 0 Å². The topological polar surface area (TPSA) is 68.0 Å². The first-order valence-electron chi connectivity index (χ1n) is 4.54. The third-order valence-corrected chi connectivity index (χ3v) is 1.71. The van der Waals surface area contributed by atoms with Gasteiger partial charge in [0.05, 0.1) is 0 Å². The van der Waals surface area contributed by atoms with Gasteiger partial charge in [0.1, 0.15) is 0 Å². The summed E-state index contributed by atoms with van der Waals surface area (Å²) in [5, 5.41) is 6.26. The zero-order valence-electron chi connectivity index (χ0n) is 8.70. The fourth-order valence-electron chi connectivity index (χ4n) is 0.854. The molecule has 5 nitrogen and oxygen atoms in total. The highest BCUT2D eigenvalue weighted by Gasteiger charge is 2.20. The summed E-state index contributed by atoms with van der Waals surface area (Å²) in [5.74, 6) is 0.566. The van der Waals surface area contributed by atoms with Crippen molar-refractivity contribution in [1.82, 2.24) is 15.5 Å². The molecule has 14 heavy (non-hydrogen) atoms. The third-order valence-electron chi connectivity index (χ3n) is 1.71. The maximum Gasteiger partial charge on any atom is 0.228 e. The van der Waals surface area contributed by atoms with Gasteiger partial charge in [-0.05, 0) is 0 Å². The maximum absolute atomic E-state index is 11.4. The molecule has 0 atom stereocenters. The van der Waals surface area contributed by atoms with Crippen molar-refractivity contribution in [2.24, 2.45) is 5.41 Å². The van der Waals surface area contributed by atoms with Crippen molar-refractivity contribution in [2.75, 3.05) is 6.54 Å². The number of hydrogen-bond acceptors (Lipinski definition) is 4. The fraction of sp³-hybridized carbons (Fsp3) is 0.667. The first kappa shape index (κ1) is 10.7. The van der Waals surface area contributed by atoms with E-state index in [0.717, 1.165) is 0 Å². The summed E-state index contributed by atoms with van der Waals surface area (Å²) in [5.41, 5.74) is -0.352. The second kappa shape index (κ2) is 4.21. The lowest BCUT2D eigenvalue weighted by Gasteiger charge is -2.16. The molecule has 1 rings (SSSR count). The number of nitrogens with zero attached hydrogens (tertiary/aromatic N) is 2. The van der Waals surface area contributed by atoms with Crippen molar-refractivity contribution in [3.63, 3.8) is 0 Å². The molecule has 1 aromatic heterocycles. The Labute approximate surface area is 82.9 Å². The van der Waals surface area contributed by atoms with E-state index in [9.17, 15) is 4.79 Å². The minimum absolute atomic E-state index is 0.0250. The van der Waals surface area contributed by atoms with Crippen molar-refractivity contribution in [1.29, 1.82) is 0 Å². The molecule has 78 valence electrons. The Morgan fingerprint density at radius 2 is 2.29 bits per heavy atom. The minimum atomic E-state index is -0.352. The molecule has 5 heteroatoms. The van der Waals surface area contributed by atoms with Crippen molar-refractivity contribution < 1.29 is 9.32 Å². The molecule has 1 aromatic rings. The van der Waals surface area contributed by atoms with Crippen LogP contribution in [0.25, 0.3) is 0 Å². The predicted octanol–water partition coefficient (Wildman–Crippen LogP) is 0.774. The van der Waals surface area contributed by atoms with Crippen molar-refractivity contribution in [3.8, 4) is 0 Å². The highest BCUT2D eigenvalue weighted by Crippen LogP contribution is 2.12. The molecule has 1 heterocycles. The van der Waals surface area contributed by atoms with E-state index in [0.29, 0.717) is 18.9 Å². The molecule has 0 bridgehead atoms. The number of hydrogen-bond donors (Lipinski definition) is 1. The molecule has 0 unspecified atom stereocenters. The number of carbonyl (C=O) groups excluding carboxylic acids is 1. The number of aromatic nitrogens is 2. The Morgan fingerprint density at radius 3 is 2.79 bits per heavy atom. The Kier molecular flexibility index (Phi) is 3.22. The molecule has 0 radical (unpaired) electrons. The van der Waals surface area contributed by atoms with Gasteiger partial charge in [0.25, 0.3) is 0 Å². The zero-order chi connectivity index (χ0) is 10.6. The van der Waals surface area contributed by atoms with Gasteiger partial charge in [0.15, 0.2) is 6.33 Å². The van der Waals surface area contributed by atoms with Gasteiger partial charge in [0, 0.05) is 18.4 Å². The first-order valence-corrected chi connectivity index (χ1v) is 4.54. The Balaban J connectivity index is 2.26. The lowest BCUT2D eigenvalue weighted by molar-refractivity contribution is -0.128. The molecule has 0 saturated carbocycles. The Morgan fingerprint density at radius 1 is 1.57 bits per heavy atom. The first-order chi connectivity index (χ1) is 6.50. The number of amides is 1. The van der Waals surface area contributed by atoms with Crippen LogP contribution in [-0.4, -0.2) is 22.6 Å². The SMILES string of the molecule is CC(C)(C)C(=O)NCCc1ncno1. The second-order valence-corrected chi connectivity index (χ2v) is 4.09. The summed E-state index contributed by atoms with van der Waals surface area (Å²) in [7, 11) is 0. The molecule has 1 amide bonds. The van der Waals surface area contributed by atoms with Crippen LogP contribution in [0, 0.1) is 5.41 Å². The predicted molar refractivity (Wildman–Crippen MR) is 50.5 cm³/mol. The van der Waals surface area contributed by atoms with Gasteiger partial charge < -0.3 is 9.84 Å². The van der Waals surface area contributed by atoms with Gasteiger partial charge in [-0.3, -0.25) is 4.79 Å². The lowest BCUT2D eigenvalue weighted by atomic mass is 9.96. The molecular weight excluding hydrogens is 182 g/mol. The number of nitrogens with one attached hydrogen (secondary N) is 1. The largest absolute Gasteiger partial charge is 0.355 e. The van der Waals surface area contributed by atoms with E-state index in [2.05, 4.69) is 15.5 Å². The summed E-state index contributed by atoms with van der Waals surface area (Å²) in [4.78, 5) is 15.3. The third kappa shape index (κ3) is 3.16. The molecule has 0 spiro atoms. The molecule has 1 N–H and O–H groups in total. The lowest BCUT2D eigenvalue weighted by Crippen LogP contribution is -2.35. The van der Waals surface area contributed by atoms with Gasteiger partial charge in [-0.2, -0.15) is 4.98 Å². The fourth-order valence-corrected chi connectivity index (χ4v) is 0.854. The van der Waals surface area contributed by atoms with E-state index in [1.807, 2.05) is 20.8 Å². The van der Waals surface area contributed by atoms with Crippen molar-refractivity contribution in [3.05, 3.63) is 12.2 Å². The summed E-state index contributed by atoms with van der Waals surface area (Å²) >= 11 is 0.